The molecule has 1 amide bonds. The number of benzene rings is 1. The SMILES string of the molecule is O=C(Nc1ccc(I)cc1Cl)c1ncccc1O. The van der Waals surface area contributed by atoms with E-state index >= 15 is 0 Å². The van der Waals surface area contributed by atoms with Crippen molar-refractivity contribution in [3.8, 4) is 5.75 Å². The van der Waals surface area contributed by atoms with Gasteiger partial charge in [0.2, 0.25) is 0 Å². The van der Waals surface area contributed by atoms with Crippen LogP contribution in [-0.2, 0) is 0 Å². The standard InChI is InChI=1S/C12H8ClIN2O2/c13-8-6-7(14)3-4-9(8)16-12(18)11-10(17)2-1-5-15-11/h1-6,17H,(H,16,18). The average Bonchev–Trinajstić information content (AvgIpc) is 2.33. The summed E-state index contributed by atoms with van der Waals surface area (Å²) in [5.74, 6) is -0.673. The molecule has 1 aromatic carbocycles. The smallest absolute Gasteiger partial charge is 0.278 e. The molecule has 2 aromatic rings. The predicted octanol–water partition coefficient (Wildman–Crippen LogP) is 3.30. The largest absolute Gasteiger partial charge is 0.505 e. The fourth-order valence-electron chi connectivity index (χ4n) is 1.34. The topological polar surface area (TPSA) is 62.2 Å². The number of hydrogen-bond acceptors (Lipinski definition) is 3. The fraction of sp³-hybridized carbons (Fsp3) is 0. The molecule has 92 valence electrons. The molecule has 0 radical (unpaired) electrons. The number of carbonyl (C=O) groups excluding carboxylic acids is 1. The summed E-state index contributed by atoms with van der Waals surface area (Å²) in [5.41, 5.74) is 0.444. The van der Waals surface area contributed by atoms with E-state index in [4.69, 9.17) is 11.6 Å². The van der Waals surface area contributed by atoms with E-state index in [2.05, 4.69) is 32.9 Å². The summed E-state index contributed by atoms with van der Waals surface area (Å²) < 4.78 is 0.969. The van der Waals surface area contributed by atoms with Gasteiger partial charge in [-0.05, 0) is 52.9 Å². The lowest BCUT2D eigenvalue weighted by atomic mass is 10.2. The lowest BCUT2D eigenvalue weighted by Crippen LogP contribution is -2.14. The number of rotatable bonds is 2. The summed E-state index contributed by atoms with van der Waals surface area (Å²) in [7, 11) is 0. The number of aromatic nitrogens is 1. The van der Waals surface area contributed by atoms with Crippen LogP contribution in [0.25, 0.3) is 0 Å². The molecule has 0 spiro atoms. The zero-order valence-corrected chi connectivity index (χ0v) is 11.9. The van der Waals surface area contributed by atoms with E-state index in [1.165, 1.54) is 12.3 Å². The van der Waals surface area contributed by atoms with Crippen LogP contribution >= 0.6 is 34.2 Å². The van der Waals surface area contributed by atoms with Crippen LogP contribution in [-0.4, -0.2) is 16.0 Å². The molecule has 0 aliphatic rings. The molecular weight excluding hydrogens is 367 g/mol. The van der Waals surface area contributed by atoms with E-state index in [1.807, 2.05) is 6.07 Å². The van der Waals surface area contributed by atoms with Gasteiger partial charge >= 0.3 is 0 Å². The summed E-state index contributed by atoms with van der Waals surface area (Å²) in [6, 6.07) is 8.19. The molecule has 0 aliphatic heterocycles. The molecule has 1 heterocycles. The van der Waals surface area contributed by atoms with Gasteiger partial charge in [-0.1, -0.05) is 11.6 Å². The Morgan fingerprint density at radius 2 is 2.17 bits per heavy atom. The number of halogens is 2. The number of nitrogens with one attached hydrogen (secondary N) is 1. The van der Waals surface area contributed by atoms with Crippen molar-refractivity contribution in [1.29, 1.82) is 0 Å². The van der Waals surface area contributed by atoms with Crippen LogP contribution in [0.5, 0.6) is 5.75 Å². The molecule has 18 heavy (non-hydrogen) atoms. The normalized spacial score (nSPS) is 10.1. The van der Waals surface area contributed by atoms with Crippen LogP contribution < -0.4 is 5.32 Å². The molecule has 0 aliphatic carbocycles. The molecule has 0 saturated carbocycles. The Balaban J connectivity index is 2.24. The van der Waals surface area contributed by atoms with Gasteiger partial charge in [0.25, 0.3) is 5.91 Å². The van der Waals surface area contributed by atoms with Crippen molar-refractivity contribution in [1.82, 2.24) is 4.98 Å². The van der Waals surface area contributed by atoms with Crippen molar-refractivity contribution in [2.24, 2.45) is 0 Å². The Morgan fingerprint density at radius 1 is 1.39 bits per heavy atom. The maximum Gasteiger partial charge on any atom is 0.278 e. The number of amides is 1. The van der Waals surface area contributed by atoms with Gasteiger partial charge in [-0.15, -0.1) is 0 Å². The summed E-state index contributed by atoms with van der Waals surface area (Å²) in [6.45, 7) is 0. The fourth-order valence-corrected chi connectivity index (χ4v) is 2.25. The Labute approximate surface area is 122 Å². The quantitative estimate of drug-likeness (QED) is 0.793. The first-order valence-corrected chi connectivity index (χ1v) is 6.44. The first kappa shape index (κ1) is 13.1. The van der Waals surface area contributed by atoms with Crippen molar-refractivity contribution >= 4 is 45.8 Å². The average molecular weight is 375 g/mol. The lowest BCUT2D eigenvalue weighted by molar-refractivity contribution is 0.101. The van der Waals surface area contributed by atoms with E-state index in [9.17, 15) is 9.90 Å². The third-order valence-corrected chi connectivity index (χ3v) is 3.16. The summed E-state index contributed by atoms with van der Waals surface area (Å²) in [4.78, 5) is 15.7. The van der Waals surface area contributed by atoms with Gasteiger partial charge in [-0.3, -0.25) is 4.79 Å². The number of aromatic hydroxyl groups is 1. The van der Waals surface area contributed by atoms with Gasteiger partial charge in [0.15, 0.2) is 5.69 Å². The van der Waals surface area contributed by atoms with Gasteiger partial charge in [-0.2, -0.15) is 0 Å². The lowest BCUT2D eigenvalue weighted by Gasteiger charge is -2.07. The Hall–Kier alpha value is -1.34. The third-order valence-electron chi connectivity index (χ3n) is 2.18. The highest BCUT2D eigenvalue weighted by molar-refractivity contribution is 14.1. The van der Waals surface area contributed by atoms with Gasteiger partial charge in [0, 0.05) is 9.77 Å². The molecule has 2 rings (SSSR count). The molecule has 0 saturated heterocycles. The van der Waals surface area contributed by atoms with Crippen LogP contribution in [0.2, 0.25) is 5.02 Å². The highest BCUT2D eigenvalue weighted by Crippen LogP contribution is 2.25. The van der Waals surface area contributed by atoms with Crippen LogP contribution in [0.15, 0.2) is 36.5 Å². The van der Waals surface area contributed by atoms with Crippen LogP contribution in [0, 0.1) is 3.57 Å². The zero-order chi connectivity index (χ0) is 13.1. The van der Waals surface area contributed by atoms with Crippen molar-refractivity contribution < 1.29 is 9.90 Å². The predicted molar refractivity (Wildman–Crippen MR) is 78.0 cm³/mol. The minimum Gasteiger partial charge on any atom is -0.505 e. The zero-order valence-electron chi connectivity index (χ0n) is 9.02. The molecule has 0 atom stereocenters. The highest BCUT2D eigenvalue weighted by Gasteiger charge is 2.13. The summed E-state index contributed by atoms with van der Waals surface area (Å²) in [5, 5.41) is 12.5. The van der Waals surface area contributed by atoms with E-state index in [0.717, 1.165) is 3.57 Å². The minimum absolute atomic E-state index is 0.0351. The Bertz CT molecular complexity index is 604. The van der Waals surface area contributed by atoms with Gasteiger partial charge < -0.3 is 10.4 Å². The van der Waals surface area contributed by atoms with Gasteiger partial charge in [0.1, 0.15) is 5.75 Å². The molecule has 1 aromatic heterocycles. The number of carbonyl (C=O) groups is 1. The van der Waals surface area contributed by atoms with Gasteiger partial charge in [0.05, 0.1) is 10.7 Å². The first-order chi connectivity index (χ1) is 8.58. The summed E-state index contributed by atoms with van der Waals surface area (Å²) >= 11 is 8.12. The maximum absolute atomic E-state index is 11.9. The van der Waals surface area contributed by atoms with E-state index in [-0.39, 0.29) is 11.4 Å². The van der Waals surface area contributed by atoms with Crippen molar-refractivity contribution in [2.75, 3.05) is 5.32 Å². The summed E-state index contributed by atoms with van der Waals surface area (Å²) in [6.07, 6.45) is 1.43. The molecule has 2 N–H and O–H groups in total. The van der Waals surface area contributed by atoms with Crippen molar-refractivity contribution in [3.63, 3.8) is 0 Å². The van der Waals surface area contributed by atoms with E-state index < -0.39 is 5.91 Å². The monoisotopic (exact) mass is 374 g/mol. The number of hydrogen-bond donors (Lipinski definition) is 2. The van der Waals surface area contributed by atoms with Crippen LogP contribution in [0.3, 0.4) is 0 Å². The number of nitrogens with zero attached hydrogens (tertiary/aromatic N) is 1. The van der Waals surface area contributed by atoms with Crippen molar-refractivity contribution in [2.45, 2.75) is 0 Å². The first-order valence-electron chi connectivity index (χ1n) is 4.98. The Morgan fingerprint density at radius 3 is 2.83 bits per heavy atom. The molecule has 0 unspecified atom stereocenters. The van der Waals surface area contributed by atoms with Crippen LogP contribution in [0.4, 0.5) is 5.69 Å². The number of pyridine rings is 1. The second-order valence-corrected chi connectivity index (χ2v) is 5.10. The highest BCUT2D eigenvalue weighted by atomic mass is 127. The van der Waals surface area contributed by atoms with E-state index in [0.29, 0.717) is 10.7 Å². The van der Waals surface area contributed by atoms with Crippen LogP contribution in [0.1, 0.15) is 10.5 Å². The molecule has 6 heteroatoms. The third kappa shape index (κ3) is 2.91. The van der Waals surface area contributed by atoms with E-state index in [1.54, 1.807) is 18.2 Å². The second kappa shape index (κ2) is 5.53. The minimum atomic E-state index is -0.504. The Kier molecular flexibility index (Phi) is 4.03. The molecule has 0 bridgehead atoms. The second-order valence-electron chi connectivity index (χ2n) is 3.45. The van der Waals surface area contributed by atoms with Gasteiger partial charge in [-0.25, -0.2) is 4.98 Å². The molecule has 0 fully saturated rings. The maximum atomic E-state index is 11.9. The molecular formula is C12H8ClIN2O2. The van der Waals surface area contributed by atoms with Crippen molar-refractivity contribution in [3.05, 3.63) is 50.8 Å². The number of anilines is 1. The molecule has 4 nitrogen and oxygen atoms in total.